The summed E-state index contributed by atoms with van der Waals surface area (Å²) in [5, 5.41) is 19.7. The van der Waals surface area contributed by atoms with Crippen LogP contribution in [0.4, 0.5) is 0 Å². The SMILES string of the molecule is CCCCc1ncc(/C=C(\Cc2ccc(OC)s2)C(=O)O)n1Cc1ccc(C(=O)O)cc1. The molecule has 0 saturated heterocycles. The number of imidazole rings is 1. The zero-order valence-electron chi connectivity index (χ0n) is 18.1. The average Bonchev–Trinajstić information content (AvgIpc) is 3.39. The molecule has 0 amide bonds. The number of thiophene rings is 1. The van der Waals surface area contributed by atoms with Gasteiger partial charge in [-0.25, -0.2) is 14.6 Å². The van der Waals surface area contributed by atoms with Crippen molar-refractivity contribution in [3.63, 3.8) is 0 Å². The van der Waals surface area contributed by atoms with Crippen LogP contribution in [0.2, 0.25) is 0 Å². The lowest BCUT2D eigenvalue weighted by molar-refractivity contribution is -0.132. The Kier molecular flexibility index (Phi) is 7.83. The first-order valence-corrected chi connectivity index (χ1v) is 11.2. The lowest BCUT2D eigenvalue weighted by Gasteiger charge is -2.12. The number of methoxy groups -OCH3 is 1. The van der Waals surface area contributed by atoms with E-state index in [1.807, 2.05) is 16.7 Å². The number of carboxylic acids is 2. The minimum Gasteiger partial charge on any atom is -0.487 e. The zero-order chi connectivity index (χ0) is 23.1. The number of carboxylic acid groups (broad SMARTS) is 2. The summed E-state index contributed by atoms with van der Waals surface area (Å²) >= 11 is 1.42. The van der Waals surface area contributed by atoms with E-state index in [4.69, 9.17) is 9.84 Å². The third-order valence-corrected chi connectivity index (χ3v) is 6.11. The molecule has 2 aromatic heterocycles. The number of ether oxygens (including phenoxy) is 1. The van der Waals surface area contributed by atoms with Crippen molar-refractivity contribution in [2.75, 3.05) is 7.11 Å². The minimum atomic E-state index is -0.981. The maximum Gasteiger partial charge on any atom is 0.335 e. The predicted octanol–water partition coefficient (Wildman–Crippen LogP) is 4.75. The van der Waals surface area contributed by atoms with E-state index >= 15 is 0 Å². The van der Waals surface area contributed by atoms with Crippen LogP contribution in [0.15, 0.2) is 48.2 Å². The number of unbranched alkanes of at least 4 members (excludes halogenated alkanes) is 1. The van der Waals surface area contributed by atoms with Crippen LogP contribution in [-0.4, -0.2) is 38.8 Å². The van der Waals surface area contributed by atoms with E-state index in [1.54, 1.807) is 43.6 Å². The van der Waals surface area contributed by atoms with Gasteiger partial charge in [0.1, 0.15) is 5.82 Å². The summed E-state index contributed by atoms with van der Waals surface area (Å²) in [6.07, 6.45) is 6.43. The largest absolute Gasteiger partial charge is 0.487 e. The van der Waals surface area contributed by atoms with Gasteiger partial charge in [-0.05, 0) is 42.3 Å². The normalized spacial score (nSPS) is 11.5. The first-order chi connectivity index (χ1) is 15.4. The maximum absolute atomic E-state index is 12.0. The number of benzene rings is 1. The van der Waals surface area contributed by atoms with Crippen molar-refractivity contribution in [2.24, 2.45) is 0 Å². The molecule has 0 spiro atoms. The Morgan fingerprint density at radius 1 is 1.16 bits per heavy atom. The molecule has 2 heterocycles. The molecule has 7 nitrogen and oxygen atoms in total. The monoisotopic (exact) mass is 454 g/mol. The molecule has 0 unspecified atom stereocenters. The molecular formula is C24H26N2O5S. The van der Waals surface area contributed by atoms with Gasteiger partial charge >= 0.3 is 11.9 Å². The van der Waals surface area contributed by atoms with E-state index in [9.17, 15) is 14.7 Å². The average molecular weight is 455 g/mol. The van der Waals surface area contributed by atoms with Crippen LogP contribution in [-0.2, 0) is 24.2 Å². The standard InChI is InChI=1S/C24H26N2O5S/c1-3-4-5-21-25-14-19(26(21)15-16-6-8-17(9-7-16)23(27)28)12-18(24(29)30)13-20-10-11-22(31-2)32-20/h6-12,14H,3-5,13,15H2,1-2H3,(H,27,28)(H,29,30)/b18-12+. The number of nitrogens with zero attached hydrogens (tertiary/aromatic N) is 2. The molecule has 32 heavy (non-hydrogen) atoms. The quantitative estimate of drug-likeness (QED) is 0.405. The fourth-order valence-electron chi connectivity index (χ4n) is 3.31. The third-order valence-electron chi connectivity index (χ3n) is 5.06. The Hall–Kier alpha value is -3.39. The number of aliphatic carboxylic acids is 1. The zero-order valence-corrected chi connectivity index (χ0v) is 18.9. The van der Waals surface area contributed by atoms with Gasteiger partial charge in [-0.3, -0.25) is 0 Å². The third kappa shape index (κ3) is 5.85. The van der Waals surface area contributed by atoms with Gasteiger partial charge in [0, 0.05) is 29.8 Å². The van der Waals surface area contributed by atoms with Crippen LogP contribution in [0.5, 0.6) is 5.06 Å². The summed E-state index contributed by atoms with van der Waals surface area (Å²) in [5.41, 5.74) is 2.11. The predicted molar refractivity (Wildman–Crippen MR) is 124 cm³/mol. The molecular weight excluding hydrogens is 428 g/mol. The second-order valence-corrected chi connectivity index (χ2v) is 8.50. The molecule has 0 aliphatic carbocycles. The van der Waals surface area contributed by atoms with Gasteiger partial charge in [0.2, 0.25) is 0 Å². The van der Waals surface area contributed by atoms with Crippen LogP contribution in [0.1, 0.15) is 52.1 Å². The maximum atomic E-state index is 12.0. The number of rotatable bonds is 11. The van der Waals surface area contributed by atoms with E-state index in [0.29, 0.717) is 12.2 Å². The summed E-state index contributed by atoms with van der Waals surface area (Å²) in [5.74, 6) is -1.07. The summed E-state index contributed by atoms with van der Waals surface area (Å²) in [7, 11) is 1.59. The minimum absolute atomic E-state index is 0.227. The number of aromatic carboxylic acids is 1. The number of carbonyl (C=O) groups is 2. The van der Waals surface area contributed by atoms with Gasteiger partial charge in [-0.1, -0.05) is 25.5 Å². The van der Waals surface area contributed by atoms with E-state index in [0.717, 1.165) is 40.6 Å². The first-order valence-electron chi connectivity index (χ1n) is 10.3. The highest BCUT2D eigenvalue weighted by Gasteiger charge is 2.15. The van der Waals surface area contributed by atoms with E-state index in [1.165, 1.54) is 11.3 Å². The number of hydrogen-bond acceptors (Lipinski definition) is 5. The van der Waals surface area contributed by atoms with Crippen molar-refractivity contribution in [3.05, 3.63) is 75.7 Å². The van der Waals surface area contributed by atoms with Crippen molar-refractivity contribution >= 4 is 29.4 Å². The Morgan fingerprint density at radius 3 is 2.50 bits per heavy atom. The smallest absolute Gasteiger partial charge is 0.335 e. The molecule has 0 fully saturated rings. The van der Waals surface area contributed by atoms with Gasteiger partial charge in [-0.2, -0.15) is 0 Å². The van der Waals surface area contributed by atoms with Crippen LogP contribution in [0.25, 0.3) is 6.08 Å². The summed E-state index contributed by atoms with van der Waals surface area (Å²) in [4.78, 5) is 28.5. The van der Waals surface area contributed by atoms with Crippen LogP contribution in [0.3, 0.4) is 0 Å². The lowest BCUT2D eigenvalue weighted by Crippen LogP contribution is -2.09. The summed E-state index contributed by atoms with van der Waals surface area (Å²) in [6, 6.07) is 10.4. The second kappa shape index (κ2) is 10.8. The molecule has 2 N–H and O–H groups in total. The summed E-state index contributed by atoms with van der Waals surface area (Å²) in [6.45, 7) is 2.58. The molecule has 3 rings (SSSR count). The Bertz CT molecular complexity index is 1110. The molecule has 0 bridgehead atoms. The fourth-order valence-corrected chi connectivity index (χ4v) is 4.16. The van der Waals surface area contributed by atoms with Crippen molar-refractivity contribution in [1.82, 2.24) is 9.55 Å². The van der Waals surface area contributed by atoms with Gasteiger partial charge in [-0.15, -0.1) is 11.3 Å². The Balaban J connectivity index is 1.93. The Morgan fingerprint density at radius 2 is 1.91 bits per heavy atom. The Labute approximate surface area is 190 Å². The van der Waals surface area contributed by atoms with E-state index < -0.39 is 11.9 Å². The van der Waals surface area contributed by atoms with E-state index in [-0.39, 0.29) is 17.6 Å². The van der Waals surface area contributed by atoms with Gasteiger partial charge in [0.05, 0.1) is 24.6 Å². The van der Waals surface area contributed by atoms with Crippen LogP contribution in [0, 0.1) is 0 Å². The lowest BCUT2D eigenvalue weighted by atomic mass is 10.1. The molecule has 8 heteroatoms. The number of aryl methyl sites for hydroxylation is 1. The molecule has 0 aliphatic heterocycles. The van der Waals surface area contributed by atoms with Crippen molar-refractivity contribution in [3.8, 4) is 5.06 Å². The highest BCUT2D eigenvalue weighted by atomic mass is 32.1. The molecule has 0 radical (unpaired) electrons. The highest BCUT2D eigenvalue weighted by Crippen LogP contribution is 2.27. The summed E-state index contributed by atoms with van der Waals surface area (Å²) < 4.78 is 7.21. The van der Waals surface area contributed by atoms with Gasteiger partial charge in [0.15, 0.2) is 5.06 Å². The van der Waals surface area contributed by atoms with Crippen LogP contribution < -0.4 is 4.74 Å². The van der Waals surface area contributed by atoms with Gasteiger partial charge < -0.3 is 19.5 Å². The number of aromatic nitrogens is 2. The molecule has 0 atom stereocenters. The van der Waals surface area contributed by atoms with Crippen molar-refractivity contribution in [1.29, 1.82) is 0 Å². The fraction of sp³-hybridized carbons (Fsp3) is 0.292. The molecule has 0 saturated carbocycles. The van der Waals surface area contributed by atoms with Crippen molar-refractivity contribution < 1.29 is 24.5 Å². The molecule has 0 aliphatic rings. The molecule has 1 aromatic carbocycles. The van der Waals surface area contributed by atoms with Crippen molar-refractivity contribution in [2.45, 2.75) is 39.2 Å². The second-order valence-electron chi connectivity index (χ2n) is 7.37. The van der Waals surface area contributed by atoms with Crippen LogP contribution >= 0.6 is 11.3 Å². The van der Waals surface area contributed by atoms with E-state index in [2.05, 4.69) is 11.9 Å². The highest BCUT2D eigenvalue weighted by molar-refractivity contribution is 7.13. The molecule has 168 valence electrons. The first kappa shape index (κ1) is 23.3. The molecule has 3 aromatic rings. The topological polar surface area (TPSA) is 102 Å². The van der Waals surface area contributed by atoms with Gasteiger partial charge in [0.25, 0.3) is 0 Å². The number of hydrogen-bond donors (Lipinski definition) is 2.